The van der Waals surface area contributed by atoms with E-state index in [2.05, 4.69) is 32.8 Å². The number of ether oxygens (including phenoxy) is 1. The number of nitrogens with one attached hydrogen (secondary N) is 3. The topological polar surface area (TPSA) is 78.0 Å². The third-order valence-electron chi connectivity index (χ3n) is 4.76. The summed E-state index contributed by atoms with van der Waals surface area (Å²) in [6.07, 6.45) is 3.33. The number of carbonyl (C=O) groups excluding carboxylic acids is 1. The van der Waals surface area contributed by atoms with Crippen LogP contribution in [0.1, 0.15) is 60.8 Å². The Balaban J connectivity index is 0.00000729. The molecular formula is C20H42IN5O2. The van der Waals surface area contributed by atoms with Gasteiger partial charge in [0, 0.05) is 20.1 Å². The van der Waals surface area contributed by atoms with Crippen molar-refractivity contribution in [2.45, 2.75) is 71.9 Å². The van der Waals surface area contributed by atoms with Crippen molar-refractivity contribution in [3.8, 4) is 0 Å². The molecule has 1 aliphatic heterocycles. The summed E-state index contributed by atoms with van der Waals surface area (Å²) in [5.74, 6) is 1.56. The van der Waals surface area contributed by atoms with Gasteiger partial charge in [-0.15, -0.1) is 24.0 Å². The molecule has 0 aromatic rings. The molecule has 0 aromatic carbocycles. The second-order valence-electron chi connectivity index (χ2n) is 9.03. The fraction of sp³-hybridized carbons (Fsp3) is 0.900. The summed E-state index contributed by atoms with van der Waals surface area (Å²) < 4.78 is 5.33. The van der Waals surface area contributed by atoms with E-state index in [-0.39, 0.29) is 24.0 Å². The van der Waals surface area contributed by atoms with Crippen molar-refractivity contribution in [3.63, 3.8) is 0 Å². The number of carbonyl (C=O) groups is 1. The predicted octanol–water partition coefficient (Wildman–Crippen LogP) is 3.19. The summed E-state index contributed by atoms with van der Waals surface area (Å²) in [5, 5.41) is 9.58. The van der Waals surface area contributed by atoms with Gasteiger partial charge in [0.2, 0.25) is 0 Å². The van der Waals surface area contributed by atoms with Crippen LogP contribution in [0.2, 0.25) is 0 Å². The van der Waals surface area contributed by atoms with Gasteiger partial charge in [0.05, 0.1) is 5.54 Å². The highest BCUT2D eigenvalue weighted by Crippen LogP contribution is 2.19. The summed E-state index contributed by atoms with van der Waals surface area (Å²) >= 11 is 0. The van der Waals surface area contributed by atoms with Crippen LogP contribution in [-0.2, 0) is 4.74 Å². The maximum absolute atomic E-state index is 12.0. The maximum Gasteiger partial charge on any atom is 0.408 e. The summed E-state index contributed by atoms with van der Waals surface area (Å²) in [5.41, 5.74) is -0.953. The normalized spacial score (nSPS) is 16.9. The van der Waals surface area contributed by atoms with Gasteiger partial charge in [0.25, 0.3) is 0 Å². The standard InChI is InChI=1S/C20H41N5O2.HI/c1-8-25-13-10-16(11-14-25)9-12-22-17(21-7)23-15-20(5,6)24-18(26)27-19(2,3)4;/h16H,8-15H2,1-7H3,(H,24,26)(H2,21,22,23);1H. The van der Waals surface area contributed by atoms with E-state index in [1.54, 1.807) is 7.05 Å². The number of hydrogen-bond acceptors (Lipinski definition) is 4. The van der Waals surface area contributed by atoms with Crippen LogP contribution in [-0.4, -0.2) is 67.9 Å². The zero-order valence-corrected chi connectivity index (χ0v) is 21.2. The summed E-state index contributed by atoms with van der Waals surface area (Å²) in [6, 6.07) is 0. The van der Waals surface area contributed by atoms with Crippen LogP contribution in [0.15, 0.2) is 4.99 Å². The second-order valence-corrected chi connectivity index (χ2v) is 9.03. The monoisotopic (exact) mass is 511 g/mol. The fourth-order valence-electron chi connectivity index (χ4n) is 3.14. The SMILES string of the molecule is CCN1CCC(CCNC(=NC)NCC(C)(C)NC(=O)OC(C)(C)C)CC1.I. The smallest absolute Gasteiger partial charge is 0.408 e. The van der Waals surface area contributed by atoms with Crippen LogP contribution in [0.3, 0.4) is 0 Å². The minimum absolute atomic E-state index is 0. The van der Waals surface area contributed by atoms with Gasteiger partial charge in [-0.05, 0) is 79.4 Å². The van der Waals surface area contributed by atoms with Crippen LogP contribution in [0.4, 0.5) is 4.79 Å². The Labute approximate surface area is 188 Å². The number of hydrogen-bond donors (Lipinski definition) is 3. The molecule has 1 heterocycles. The predicted molar refractivity (Wildman–Crippen MR) is 128 cm³/mol. The Morgan fingerprint density at radius 2 is 1.75 bits per heavy atom. The van der Waals surface area contributed by atoms with Crippen molar-refractivity contribution < 1.29 is 9.53 Å². The van der Waals surface area contributed by atoms with E-state index in [9.17, 15) is 4.79 Å². The van der Waals surface area contributed by atoms with E-state index in [1.165, 1.54) is 25.9 Å². The van der Waals surface area contributed by atoms with Crippen molar-refractivity contribution in [1.82, 2.24) is 20.9 Å². The molecule has 166 valence electrons. The molecule has 7 nitrogen and oxygen atoms in total. The first-order chi connectivity index (χ1) is 12.5. The van der Waals surface area contributed by atoms with E-state index in [4.69, 9.17) is 4.74 Å². The molecule has 1 saturated heterocycles. The number of piperidine rings is 1. The second kappa shape index (κ2) is 12.7. The molecule has 1 amide bonds. The highest BCUT2D eigenvalue weighted by Gasteiger charge is 2.25. The number of halogens is 1. The molecule has 0 radical (unpaired) electrons. The Morgan fingerprint density at radius 1 is 1.14 bits per heavy atom. The minimum atomic E-state index is -0.502. The Hall–Kier alpha value is -0.770. The molecule has 0 bridgehead atoms. The Bertz CT molecular complexity index is 483. The first-order valence-electron chi connectivity index (χ1n) is 10.2. The lowest BCUT2D eigenvalue weighted by atomic mass is 9.93. The molecule has 1 aliphatic rings. The molecule has 0 aliphatic carbocycles. The molecule has 0 atom stereocenters. The number of likely N-dealkylation sites (tertiary alicyclic amines) is 1. The van der Waals surface area contributed by atoms with Crippen LogP contribution in [0.25, 0.3) is 0 Å². The van der Waals surface area contributed by atoms with Crippen molar-refractivity contribution in [2.75, 3.05) is 39.8 Å². The first kappa shape index (κ1) is 27.2. The number of alkyl carbamates (subject to hydrolysis) is 1. The van der Waals surface area contributed by atoms with Crippen LogP contribution < -0.4 is 16.0 Å². The van der Waals surface area contributed by atoms with Crippen molar-refractivity contribution in [3.05, 3.63) is 0 Å². The van der Waals surface area contributed by atoms with Gasteiger partial charge in [-0.2, -0.15) is 0 Å². The zero-order chi connectivity index (χ0) is 20.5. The Morgan fingerprint density at radius 3 is 2.25 bits per heavy atom. The third-order valence-corrected chi connectivity index (χ3v) is 4.76. The third kappa shape index (κ3) is 11.9. The lowest BCUT2D eigenvalue weighted by Crippen LogP contribution is -2.54. The maximum atomic E-state index is 12.0. The van der Waals surface area contributed by atoms with Crippen molar-refractivity contribution in [1.29, 1.82) is 0 Å². The highest BCUT2D eigenvalue weighted by atomic mass is 127. The van der Waals surface area contributed by atoms with Crippen molar-refractivity contribution in [2.24, 2.45) is 10.9 Å². The molecule has 8 heteroatoms. The zero-order valence-electron chi connectivity index (χ0n) is 18.9. The highest BCUT2D eigenvalue weighted by molar-refractivity contribution is 14.0. The lowest BCUT2D eigenvalue weighted by Gasteiger charge is -2.31. The molecule has 28 heavy (non-hydrogen) atoms. The van der Waals surface area contributed by atoms with Crippen LogP contribution in [0, 0.1) is 5.92 Å². The molecule has 3 N–H and O–H groups in total. The van der Waals surface area contributed by atoms with Gasteiger partial charge in [-0.1, -0.05) is 6.92 Å². The summed E-state index contributed by atoms with van der Waals surface area (Å²) in [7, 11) is 1.77. The molecule has 1 rings (SSSR count). The molecular weight excluding hydrogens is 469 g/mol. The van der Waals surface area contributed by atoms with E-state index in [1.807, 2.05) is 34.6 Å². The molecule has 0 unspecified atom stereocenters. The number of aliphatic imine (C=N–C) groups is 1. The number of guanidine groups is 1. The van der Waals surface area contributed by atoms with Gasteiger partial charge in [-0.3, -0.25) is 4.99 Å². The van der Waals surface area contributed by atoms with Gasteiger partial charge >= 0.3 is 6.09 Å². The largest absolute Gasteiger partial charge is 0.444 e. The molecule has 0 aromatic heterocycles. The quantitative estimate of drug-likeness (QED) is 0.278. The van der Waals surface area contributed by atoms with E-state index in [0.29, 0.717) is 6.54 Å². The van der Waals surface area contributed by atoms with Gasteiger partial charge in [0.1, 0.15) is 5.60 Å². The average Bonchev–Trinajstić information content (AvgIpc) is 2.56. The van der Waals surface area contributed by atoms with Gasteiger partial charge in [-0.25, -0.2) is 4.79 Å². The Kier molecular flexibility index (Phi) is 12.4. The van der Waals surface area contributed by atoms with Crippen LogP contribution >= 0.6 is 24.0 Å². The van der Waals surface area contributed by atoms with E-state index in [0.717, 1.165) is 31.4 Å². The lowest BCUT2D eigenvalue weighted by molar-refractivity contribution is 0.0474. The van der Waals surface area contributed by atoms with E-state index < -0.39 is 17.2 Å². The minimum Gasteiger partial charge on any atom is -0.444 e. The number of nitrogens with zero attached hydrogens (tertiary/aromatic N) is 2. The fourth-order valence-corrected chi connectivity index (χ4v) is 3.14. The number of rotatable bonds is 7. The number of amides is 1. The van der Waals surface area contributed by atoms with Crippen molar-refractivity contribution >= 4 is 36.0 Å². The summed E-state index contributed by atoms with van der Waals surface area (Å²) in [6.45, 7) is 16.8. The van der Waals surface area contributed by atoms with Gasteiger partial charge < -0.3 is 25.6 Å². The molecule has 0 spiro atoms. The summed E-state index contributed by atoms with van der Waals surface area (Å²) in [4.78, 5) is 18.8. The molecule has 1 fully saturated rings. The van der Waals surface area contributed by atoms with Crippen LogP contribution in [0.5, 0.6) is 0 Å². The van der Waals surface area contributed by atoms with Gasteiger partial charge in [0.15, 0.2) is 5.96 Å². The first-order valence-corrected chi connectivity index (χ1v) is 10.2. The average molecular weight is 511 g/mol. The molecule has 0 saturated carbocycles. The van der Waals surface area contributed by atoms with E-state index >= 15 is 0 Å².